The summed E-state index contributed by atoms with van der Waals surface area (Å²) in [4.78, 5) is 23.5. The van der Waals surface area contributed by atoms with Crippen LogP contribution in [0.5, 0.6) is 0 Å². The van der Waals surface area contributed by atoms with Gasteiger partial charge >= 0.3 is 29.6 Å². The number of carboxylic acids is 1. The van der Waals surface area contributed by atoms with E-state index in [4.69, 9.17) is 0 Å². The molecule has 0 radical (unpaired) electrons. The van der Waals surface area contributed by atoms with Gasteiger partial charge in [0.2, 0.25) is 0 Å². The van der Waals surface area contributed by atoms with Crippen LogP contribution in [-0.2, 0) is 9.59 Å². The number of carbonyl (C=O) groups excluding carboxylic acids is 2. The molecule has 2 aliphatic rings. The molecule has 0 fully saturated rings. The van der Waals surface area contributed by atoms with Gasteiger partial charge in [0, 0.05) is 24.2 Å². The van der Waals surface area contributed by atoms with Gasteiger partial charge in [0.05, 0.1) is 12.2 Å². The maximum absolute atomic E-state index is 12.9. The van der Waals surface area contributed by atoms with Crippen molar-refractivity contribution in [2.24, 2.45) is 23.7 Å². The maximum atomic E-state index is 12.9. The molecule has 0 spiro atoms. The second-order valence-electron chi connectivity index (χ2n) is 8.22. The van der Waals surface area contributed by atoms with Crippen LogP contribution in [-0.4, -0.2) is 34.2 Å². The molecular weight excluding hydrogens is 367 g/mol. The minimum Gasteiger partial charge on any atom is -0.550 e. The Morgan fingerprint density at radius 1 is 1.29 bits per heavy atom. The Bertz CT molecular complexity index is 585. The number of Topliss-reactive ketones (excluding diaryl/α,β-unsaturated/α-hetero) is 1. The number of allylic oxidation sites excluding steroid dienone is 4. The van der Waals surface area contributed by atoms with Crippen molar-refractivity contribution in [3.05, 3.63) is 23.8 Å². The Balaban J connectivity index is 0.00000392. The van der Waals surface area contributed by atoms with E-state index in [1.807, 2.05) is 6.92 Å². The fourth-order valence-electron chi connectivity index (χ4n) is 4.58. The molecule has 6 heteroatoms. The molecule has 0 aromatic heterocycles. The zero-order chi connectivity index (χ0) is 20.0. The molecule has 2 rings (SSSR count). The number of carbonyl (C=O) groups is 2. The number of hydrogen-bond acceptors (Lipinski definition) is 5. The minimum atomic E-state index is -1.31. The summed E-state index contributed by atoms with van der Waals surface area (Å²) in [5, 5.41) is 30.4. The van der Waals surface area contributed by atoms with Crippen molar-refractivity contribution in [2.75, 3.05) is 0 Å². The Morgan fingerprint density at radius 3 is 2.64 bits per heavy atom. The number of aliphatic hydroxyl groups is 2. The monoisotopic (exact) mass is 400 g/mol. The van der Waals surface area contributed by atoms with Crippen molar-refractivity contribution < 1.29 is 54.5 Å². The second-order valence-corrected chi connectivity index (χ2v) is 8.22. The van der Waals surface area contributed by atoms with Gasteiger partial charge in [-0.05, 0) is 62.4 Å². The summed E-state index contributed by atoms with van der Waals surface area (Å²) in [6, 6.07) is 0. The quantitative estimate of drug-likeness (QED) is 0.467. The summed E-state index contributed by atoms with van der Waals surface area (Å²) in [6.45, 7) is 4.06. The van der Waals surface area contributed by atoms with E-state index in [9.17, 15) is 24.9 Å². The fraction of sp³-hybridized carbons (Fsp3) is 0.727. The van der Waals surface area contributed by atoms with Crippen LogP contribution in [0.4, 0.5) is 0 Å². The molecule has 28 heavy (non-hydrogen) atoms. The molecular formula is C22H33NaO5. The van der Waals surface area contributed by atoms with Gasteiger partial charge in [0.15, 0.2) is 0 Å². The van der Waals surface area contributed by atoms with Gasteiger partial charge in [-0.3, -0.25) is 4.79 Å². The number of carboxylic acid groups (broad SMARTS) is 1. The number of aliphatic hydroxyl groups excluding tert-OH is 2. The molecule has 152 valence electrons. The molecule has 5 nitrogen and oxygen atoms in total. The molecule has 0 amide bonds. The third-order valence-corrected chi connectivity index (χ3v) is 6.21. The fourth-order valence-corrected chi connectivity index (χ4v) is 4.58. The van der Waals surface area contributed by atoms with Crippen LogP contribution in [0.2, 0.25) is 0 Å². The van der Waals surface area contributed by atoms with Crippen LogP contribution in [0, 0.1) is 23.7 Å². The molecule has 0 saturated carbocycles. The van der Waals surface area contributed by atoms with E-state index in [2.05, 4.69) is 25.2 Å². The molecule has 6 atom stereocenters. The molecule has 0 unspecified atom stereocenters. The normalized spacial score (nSPS) is 27.0. The van der Waals surface area contributed by atoms with E-state index in [1.165, 1.54) is 5.57 Å². The molecule has 0 aromatic rings. The first-order valence-electron chi connectivity index (χ1n) is 10.3. The largest absolute Gasteiger partial charge is 1.00 e. The summed E-state index contributed by atoms with van der Waals surface area (Å²) in [7, 11) is 0. The zero-order valence-corrected chi connectivity index (χ0v) is 19.5. The molecule has 0 heterocycles. The predicted molar refractivity (Wildman–Crippen MR) is 101 cm³/mol. The van der Waals surface area contributed by atoms with E-state index in [0.29, 0.717) is 18.1 Å². The maximum Gasteiger partial charge on any atom is 1.00 e. The summed E-state index contributed by atoms with van der Waals surface area (Å²) >= 11 is 0. The van der Waals surface area contributed by atoms with Gasteiger partial charge in [-0.1, -0.05) is 32.1 Å². The Kier molecular flexibility index (Phi) is 11.2. The minimum absolute atomic E-state index is 0. The zero-order valence-electron chi connectivity index (χ0n) is 17.5. The van der Waals surface area contributed by atoms with E-state index in [0.717, 1.165) is 32.1 Å². The summed E-state index contributed by atoms with van der Waals surface area (Å²) in [5.74, 6) is -0.311. The van der Waals surface area contributed by atoms with Crippen LogP contribution >= 0.6 is 0 Å². The molecule has 0 bridgehead atoms. The van der Waals surface area contributed by atoms with Gasteiger partial charge in [0.1, 0.15) is 5.78 Å². The third-order valence-electron chi connectivity index (χ3n) is 6.21. The van der Waals surface area contributed by atoms with E-state index < -0.39 is 24.6 Å². The van der Waals surface area contributed by atoms with E-state index >= 15 is 0 Å². The molecule has 2 aliphatic carbocycles. The van der Waals surface area contributed by atoms with Gasteiger partial charge < -0.3 is 20.1 Å². The molecule has 0 aromatic carbocycles. The standard InChI is InChI=1S/C22H34O5.Na/c1-3-14(2)22(27)19-9-5-8-15-6-4-7-16(21(15)19)10-11-17(23)12-18(24)13-20(25)26;/h4,6,8,14,16-19,21,23-24H,3,5,7,9-13H2,1-2H3,(H,25,26);/q;+1/p-1/t14-,16+,17+,18+,19-,21-;/m0./s1. The van der Waals surface area contributed by atoms with Crippen LogP contribution in [0.25, 0.3) is 0 Å². The SMILES string of the molecule is CC[C@H](C)C(=O)[C@H]1CCC=C2C=CC[C@H](CC[C@@H](O)C[C@@H](O)CC(=O)[O-])[C@H]21.[Na+]. The molecule has 0 aliphatic heterocycles. The van der Waals surface area contributed by atoms with E-state index in [-0.39, 0.29) is 53.7 Å². The van der Waals surface area contributed by atoms with Crippen molar-refractivity contribution >= 4 is 11.8 Å². The van der Waals surface area contributed by atoms with Crippen molar-refractivity contribution in [3.63, 3.8) is 0 Å². The van der Waals surface area contributed by atoms with Crippen molar-refractivity contribution in [1.29, 1.82) is 0 Å². The molecule has 2 N–H and O–H groups in total. The number of rotatable bonds is 10. The first kappa shape index (κ1) is 25.6. The average Bonchev–Trinajstić information content (AvgIpc) is 2.63. The van der Waals surface area contributed by atoms with Crippen molar-refractivity contribution in [1.82, 2.24) is 0 Å². The number of ketones is 1. The van der Waals surface area contributed by atoms with Crippen LogP contribution < -0.4 is 34.7 Å². The summed E-state index contributed by atoms with van der Waals surface area (Å²) in [6.07, 6.45) is 9.15. The summed E-state index contributed by atoms with van der Waals surface area (Å²) < 4.78 is 0. The summed E-state index contributed by atoms with van der Waals surface area (Å²) in [5.41, 5.74) is 1.26. The predicted octanol–water partition coefficient (Wildman–Crippen LogP) is -0.834. The van der Waals surface area contributed by atoms with Crippen LogP contribution in [0.15, 0.2) is 23.8 Å². The second kappa shape index (κ2) is 12.3. The average molecular weight is 400 g/mol. The Morgan fingerprint density at radius 2 is 2.00 bits per heavy atom. The number of aliphatic carboxylic acids is 1. The first-order chi connectivity index (χ1) is 12.8. The van der Waals surface area contributed by atoms with Crippen molar-refractivity contribution in [3.8, 4) is 0 Å². The topological polar surface area (TPSA) is 97.7 Å². The Hall–Kier alpha value is -0.460. The van der Waals surface area contributed by atoms with Gasteiger partial charge in [-0.15, -0.1) is 0 Å². The van der Waals surface area contributed by atoms with E-state index in [1.54, 1.807) is 0 Å². The number of fused-ring (bicyclic) bond motifs is 1. The molecule has 0 saturated heterocycles. The Labute approximate surface area is 190 Å². The number of hydrogen-bond donors (Lipinski definition) is 2. The van der Waals surface area contributed by atoms with Crippen LogP contribution in [0.3, 0.4) is 0 Å². The van der Waals surface area contributed by atoms with Crippen LogP contribution in [0.1, 0.15) is 65.2 Å². The van der Waals surface area contributed by atoms with Gasteiger partial charge in [0.25, 0.3) is 0 Å². The third kappa shape index (κ3) is 7.10. The van der Waals surface area contributed by atoms with Crippen molar-refractivity contribution in [2.45, 2.75) is 77.4 Å². The first-order valence-corrected chi connectivity index (χ1v) is 10.3. The van der Waals surface area contributed by atoms with Gasteiger partial charge in [-0.25, -0.2) is 0 Å². The smallest absolute Gasteiger partial charge is 0.550 e. The van der Waals surface area contributed by atoms with Gasteiger partial charge in [-0.2, -0.15) is 0 Å².